The smallest absolute Gasteiger partial charge is 0.245 e. The van der Waals surface area contributed by atoms with Gasteiger partial charge in [0.05, 0.1) is 0 Å². The Kier molecular flexibility index (Phi) is 4.89. The molecule has 1 fully saturated rings. The summed E-state index contributed by atoms with van der Waals surface area (Å²) in [6.07, 6.45) is 0.898. The molecule has 0 spiro atoms. The fourth-order valence-corrected chi connectivity index (χ4v) is 2.66. The Hall–Kier alpha value is -1.84. The molecule has 1 heterocycles. The molecule has 1 saturated heterocycles. The van der Waals surface area contributed by atoms with Crippen molar-refractivity contribution < 1.29 is 9.59 Å². The van der Waals surface area contributed by atoms with Gasteiger partial charge in [-0.05, 0) is 24.3 Å². The van der Waals surface area contributed by atoms with Gasteiger partial charge in [-0.25, -0.2) is 0 Å². The Morgan fingerprint density at radius 2 is 1.77 bits per heavy atom. The third kappa shape index (κ3) is 4.09. The largest absolute Gasteiger partial charge is 0.329 e. The molecule has 0 saturated carbocycles. The monoisotopic (exact) mass is 302 g/mol. The van der Waals surface area contributed by atoms with Crippen molar-refractivity contribution in [1.82, 2.24) is 9.80 Å². The molecule has 4 nitrogen and oxygen atoms in total. The van der Waals surface area contributed by atoms with Crippen molar-refractivity contribution in [3.05, 3.63) is 35.9 Å². The van der Waals surface area contributed by atoms with E-state index in [1.807, 2.05) is 37.3 Å². The SMILES string of the molecule is C[C@@H]1C(=O)N(Cc2ccccc2)CC(=O)N1CCC(C)(C)C. The van der Waals surface area contributed by atoms with E-state index in [4.69, 9.17) is 0 Å². The molecule has 4 heteroatoms. The van der Waals surface area contributed by atoms with Crippen molar-refractivity contribution >= 4 is 11.8 Å². The lowest BCUT2D eigenvalue weighted by molar-refractivity contribution is -0.155. The number of benzene rings is 1. The van der Waals surface area contributed by atoms with Crippen molar-refractivity contribution in [2.24, 2.45) is 5.41 Å². The third-order valence-corrected chi connectivity index (χ3v) is 4.10. The minimum atomic E-state index is -0.368. The van der Waals surface area contributed by atoms with Gasteiger partial charge >= 0.3 is 0 Å². The second kappa shape index (κ2) is 6.51. The van der Waals surface area contributed by atoms with Gasteiger partial charge < -0.3 is 9.80 Å². The van der Waals surface area contributed by atoms with E-state index in [1.54, 1.807) is 9.80 Å². The highest BCUT2D eigenvalue weighted by Gasteiger charge is 2.36. The lowest BCUT2D eigenvalue weighted by Gasteiger charge is -2.39. The second-order valence-corrected chi connectivity index (χ2v) is 7.25. The van der Waals surface area contributed by atoms with E-state index >= 15 is 0 Å². The number of piperazine rings is 1. The summed E-state index contributed by atoms with van der Waals surface area (Å²) in [6, 6.07) is 9.44. The Morgan fingerprint density at radius 3 is 2.36 bits per heavy atom. The number of carbonyl (C=O) groups is 2. The van der Waals surface area contributed by atoms with Crippen LogP contribution < -0.4 is 0 Å². The minimum Gasteiger partial charge on any atom is -0.329 e. The number of hydrogen-bond donors (Lipinski definition) is 0. The van der Waals surface area contributed by atoms with Gasteiger partial charge in [0.2, 0.25) is 11.8 Å². The predicted octanol–water partition coefficient (Wildman–Crippen LogP) is 2.68. The molecule has 0 N–H and O–H groups in total. The summed E-state index contributed by atoms with van der Waals surface area (Å²) < 4.78 is 0. The fourth-order valence-electron chi connectivity index (χ4n) is 2.66. The van der Waals surface area contributed by atoms with Crippen molar-refractivity contribution in [1.29, 1.82) is 0 Å². The zero-order valence-electron chi connectivity index (χ0n) is 14.0. The quantitative estimate of drug-likeness (QED) is 0.858. The second-order valence-electron chi connectivity index (χ2n) is 7.25. The van der Waals surface area contributed by atoms with Crippen LogP contribution in [0.5, 0.6) is 0 Å². The van der Waals surface area contributed by atoms with Crippen LogP contribution in [0.4, 0.5) is 0 Å². The van der Waals surface area contributed by atoms with E-state index in [2.05, 4.69) is 20.8 Å². The van der Waals surface area contributed by atoms with Gasteiger partial charge in [-0.2, -0.15) is 0 Å². The van der Waals surface area contributed by atoms with Crippen LogP contribution in [0.3, 0.4) is 0 Å². The van der Waals surface area contributed by atoms with Gasteiger partial charge in [-0.3, -0.25) is 9.59 Å². The van der Waals surface area contributed by atoms with Gasteiger partial charge in [0, 0.05) is 13.1 Å². The fraction of sp³-hybridized carbons (Fsp3) is 0.556. The number of rotatable bonds is 4. The summed E-state index contributed by atoms with van der Waals surface area (Å²) in [5, 5.41) is 0. The molecule has 0 radical (unpaired) electrons. The molecular formula is C18H26N2O2. The van der Waals surface area contributed by atoms with E-state index < -0.39 is 0 Å². The summed E-state index contributed by atoms with van der Waals surface area (Å²) in [7, 11) is 0. The van der Waals surface area contributed by atoms with Crippen molar-refractivity contribution in [3.8, 4) is 0 Å². The molecule has 120 valence electrons. The van der Waals surface area contributed by atoms with Crippen LogP contribution in [-0.4, -0.2) is 40.7 Å². The number of hydrogen-bond acceptors (Lipinski definition) is 2. The number of nitrogens with zero attached hydrogens (tertiary/aromatic N) is 2. The first-order valence-corrected chi connectivity index (χ1v) is 7.90. The van der Waals surface area contributed by atoms with E-state index in [1.165, 1.54) is 0 Å². The van der Waals surface area contributed by atoms with Gasteiger partial charge in [-0.1, -0.05) is 51.1 Å². The summed E-state index contributed by atoms with van der Waals surface area (Å²) in [5.41, 5.74) is 1.21. The van der Waals surface area contributed by atoms with Gasteiger partial charge in [0.15, 0.2) is 0 Å². The Bertz CT molecular complexity index is 534. The van der Waals surface area contributed by atoms with Crippen LogP contribution in [0.1, 0.15) is 39.7 Å². The molecule has 1 aromatic rings. The lowest BCUT2D eigenvalue weighted by Crippen LogP contribution is -2.58. The maximum absolute atomic E-state index is 12.5. The Labute approximate surface area is 133 Å². The molecule has 2 rings (SSSR count). The molecule has 2 amide bonds. The highest BCUT2D eigenvalue weighted by Crippen LogP contribution is 2.22. The molecule has 1 aromatic carbocycles. The molecule has 0 aliphatic carbocycles. The van der Waals surface area contributed by atoms with Crippen LogP contribution in [0.2, 0.25) is 0 Å². The Morgan fingerprint density at radius 1 is 1.14 bits per heavy atom. The maximum atomic E-state index is 12.5. The van der Waals surface area contributed by atoms with Crippen LogP contribution in [-0.2, 0) is 16.1 Å². The average molecular weight is 302 g/mol. The van der Waals surface area contributed by atoms with E-state index in [-0.39, 0.29) is 29.8 Å². The van der Waals surface area contributed by atoms with Crippen LogP contribution in [0.25, 0.3) is 0 Å². The molecule has 1 aliphatic heterocycles. The maximum Gasteiger partial charge on any atom is 0.245 e. The average Bonchev–Trinajstić information content (AvgIpc) is 2.44. The molecule has 1 atom stereocenters. The Balaban J connectivity index is 2.02. The van der Waals surface area contributed by atoms with Gasteiger partial charge in [0.25, 0.3) is 0 Å². The van der Waals surface area contributed by atoms with Crippen molar-refractivity contribution in [3.63, 3.8) is 0 Å². The van der Waals surface area contributed by atoms with Crippen LogP contribution >= 0.6 is 0 Å². The summed E-state index contributed by atoms with van der Waals surface area (Å²) in [5.74, 6) is 0.0876. The lowest BCUT2D eigenvalue weighted by atomic mass is 9.91. The molecular weight excluding hydrogens is 276 g/mol. The molecule has 0 aromatic heterocycles. The van der Waals surface area contributed by atoms with Gasteiger partial charge in [-0.15, -0.1) is 0 Å². The highest BCUT2D eigenvalue weighted by molar-refractivity contribution is 5.94. The molecule has 0 bridgehead atoms. The van der Waals surface area contributed by atoms with E-state index in [0.29, 0.717) is 13.1 Å². The molecule has 1 aliphatic rings. The van der Waals surface area contributed by atoms with E-state index in [0.717, 1.165) is 12.0 Å². The normalized spacial score (nSPS) is 19.7. The molecule has 22 heavy (non-hydrogen) atoms. The topological polar surface area (TPSA) is 40.6 Å². The first-order chi connectivity index (χ1) is 10.3. The highest BCUT2D eigenvalue weighted by atomic mass is 16.2. The minimum absolute atomic E-state index is 0.0392. The van der Waals surface area contributed by atoms with E-state index in [9.17, 15) is 9.59 Å². The molecule has 0 unspecified atom stereocenters. The predicted molar refractivity (Wildman–Crippen MR) is 87.1 cm³/mol. The van der Waals surface area contributed by atoms with Gasteiger partial charge in [0.1, 0.15) is 12.6 Å². The zero-order chi connectivity index (χ0) is 16.3. The van der Waals surface area contributed by atoms with Crippen molar-refractivity contribution in [2.45, 2.75) is 46.7 Å². The van der Waals surface area contributed by atoms with Crippen LogP contribution in [0, 0.1) is 5.41 Å². The summed E-state index contributed by atoms with van der Waals surface area (Å²) in [6.45, 7) is 9.61. The zero-order valence-corrected chi connectivity index (χ0v) is 14.0. The first-order valence-electron chi connectivity index (χ1n) is 7.90. The number of amides is 2. The third-order valence-electron chi connectivity index (χ3n) is 4.10. The van der Waals surface area contributed by atoms with Crippen LogP contribution in [0.15, 0.2) is 30.3 Å². The summed E-state index contributed by atoms with van der Waals surface area (Å²) >= 11 is 0. The summed E-state index contributed by atoms with van der Waals surface area (Å²) in [4.78, 5) is 28.3. The number of carbonyl (C=O) groups excluding carboxylic acids is 2. The van der Waals surface area contributed by atoms with Crippen molar-refractivity contribution in [2.75, 3.05) is 13.1 Å². The standard InChI is InChI=1S/C18H26N2O2/c1-14-17(22)19(12-15-8-6-5-7-9-15)13-16(21)20(14)11-10-18(2,3)4/h5-9,14H,10-13H2,1-4H3/t14-/m1/s1. The first kappa shape index (κ1) is 16.5.